The SMILES string of the molecule is COc1cc(C)c(C(C)NC(=O)NCCCN(C)C2CCCCC2)cc1OC. The highest BCUT2D eigenvalue weighted by molar-refractivity contribution is 5.74. The molecule has 1 atom stereocenters. The molecule has 1 saturated carbocycles. The quantitative estimate of drug-likeness (QED) is 0.624. The number of nitrogens with zero attached hydrogens (tertiary/aromatic N) is 1. The van der Waals surface area contributed by atoms with Crippen LogP contribution in [0.15, 0.2) is 12.1 Å². The third-order valence-electron chi connectivity index (χ3n) is 5.76. The van der Waals surface area contributed by atoms with Crippen LogP contribution >= 0.6 is 0 Å². The van der Waals surface area contributed by atoms with Crippen molar-refractivity contribution in [2.75, 3.05) is 34.4 Å². The van der Waals surface area contributed by atoms with Crippen LogP contribution in [0.25, 0.3) is 0 Å². The number of benzene rings is 1. The molecule has 2 N–H and O–H groups in total. The van der Waals surface area contributed by atoms with Gasteiger partial charge in [0.05, 0.1) is 20.3 Å². The van der Waals surface area contributed by atoms with E-state index in [1.165, 1.54) is 32.1 Å². The van der Waals surface area contributed by atoms with Gasteiger partial charge in [0.15, 0.2) is 11.5 Å². The van der Waals surface area contributed by atoms with Crippen LogP contribution in [0.2, 0.25) is 0 Å². The van der Waals surface area contributed by atoms with Gasteiger partial charge in [0.1, 0.15) is 0 Å². The molecule has 2 amide bonds. The number of hydrogen-bond acceptors (Lipinski definition) is 4. The van der Waals surface area contributed by atoms with Crippen molar-refractivity contribution in [1.29, 1.82) is 0 Å². The second-order valence-electron chi connectivity index (χ2n) is 7.81. The van der Waals surface area contributed by atoms with Crippen LogP contribution in [0.5, 0.6) is 11.5 Å². The zero-order chi connectivity index (χ0) is 20.5. The third-order valence-corrected chi connectivity index (χ3v) is 5.76. The number of nitrogens with one attached hydrogen (secondary N) is 2. The number of ether oxygens (including phenoxy) is 2. The van der Waals surface area contributed by atoms with Crippen molar-refractivity contribution < 1.29 is 14.3 Å². The summed E-state index contributed by atoms with van der Waals surface area (Å²) >= 11 is 0. The van der Waals surface area contributed by atoms with Gasteiger partial charge in [0, 0.05) is 12.6 Å². The molecule has 158 valence electrons. The fourth-order valence-corrected chi connectivity index (χ4v) is 4.02. The Hall–Kier alpha value is -1.95. The van der Waals surface area contributed by atoms with E-state index < -0.39 is 0 Å². The highest BCUT2D eigenvalue weighted by Gasteiger charge is 2.18. The second-order valence-corrected chi connectivity index (χ2v) is 7.81. The molecule has 0 aromatic heterocycles. The van der Waals surface area contributed by atoms with Crippen LogP contribution in [0, 0.1) is 6.92 Å². The largest absolute Gasteiger partial charge is 0.493 e. The maximum absolute atomic E-state index is 12.3. The number of urea groups is 1. The summed E-state index contributed by atoms with van der Waals surface area (Å²) in [5.74, 6) is 1.37. The normalized spacial score (nSPS) is 15.9. The Kier molecular flexibility index (Phi) is 8.90. The van der Waals surface area contributed by atoms with E-state index in [9.17, 15) is 4.79 Å². The molecule has 1 aromatic rings. The Morgan fingerprint density at radius 3 is 2.46 bits per heavy atom. The van der Waals surface area contributed by atoms with Gasteiger partial charge in [-0.05, 0) is 70.0 Å². The lowest BCUT2D eigenvalue weighted by Crippen LogP contribution is -2.39. The van der Waals surface area contributed by atoms with E-state index in [1.807, 2.05) is 26.0 Å². The van der Waals surface area contributed by atoms with Gasteiger partial charge in [-0.15, -0.1) is 0 Å². The van der Waals surface area contributed by atoms with E-state index in [1.54, 1.807) is 14.2 Å². The second kappa shape index (κ2) is 11.1. The van der Waals surface area contributed by atoms with Gasteiger partial charge in [0.2, 0.25) is 0 Å². The summed E-state index contributed by atoms with van der Waals surface area (Å²) in [5, 5.41) is 6.00. The van der Waals surface area contributed by atoms with Gasteiger partial charge >= 0.3 is 6.03 Å². The maximum Gasteiger partial charge on any atom is 0.315 e. The summed E-state index contributed by atoms with van der Waals surface area (Å²) in [6.45, 7) is 5.69. The van der Waals surface area contributed by atoms with Crippen molar-refractivity contribution >= 4 is 6.03 Å². The zero-order valence-corrected chi connectivity index (χ0v) is 18.1. The number of amides is 2. The fourth-order valence-electron chi connectivity index (χ4n) is 4.02. The van der Waals surface area contributed by atoms with Crippen molar-refractivity contribution in [3.63, 3.8) is 0 Å². The van der Waals surface area contributed by atoms with E-state index in [4.69, 9.17) is 9.47 Å². The molecule has 1 fully saturated rings. The molecular formula is C22H37N3O3. The van der Waals surface area contributed by atoms with E-state index in [2.05, 4.69) is 22.6 Å². The molecule has 0 heterocycles. The summed E-state index contributed by atoms with van der Waals surface area (Å²) in [6.07, 6.45) is 7.67. The topological polar surface area (TPSA) is 62.8 Å². The lowest BCUT2D eigenvalue weighted by atomic mass is 9.94. The average Bonchev–Trinajstić information content (AvgIpc) is 2.71. The van der Waals surface area contributed by atoms with Gasteiger partial charge in [-0.2, -0.15) is 0 Å². The van der Waals surface area contributed by atoms with Crippen molar-refractivity contribution in [3.8, 4) is 11.5 Å². The van der Waals surface area contributed by atoms with Gasteiger partial charge in [-0.25, -0.2) is 4.79 Å². The number of aryl methyl sites for hydroxylation is 1. The van der Waals surface area contributed by atoms with E-state index in [0.29, 0.717) is 18.0 Å². The summed E-state index contributed by atoms with van der Waals surface area (Å²) in [6, 6.07) is 4.33. The van der Waals surface area contributed by atoms with Crippen molar-refractivity contribution in [2.45, 2.75) is 64.5 Å². The minimum Gasteiger partial charge on any atom is -0.493 e. The number of rotatable bonds is 9. The fraction of sp³-hybridized carbons (Fsp3) is 0.682. The Morgan fingerprint density at radius 1 is 1.18 bits per heavy atom. The third kappa shape index (κ3) is 6.30. The zero-order valence-electron chi connectivity index (χ0n) is 18.1. The molecule has 0 bridgehead atoms. The molecule has 28 heavy (non-hydrogen) atoms. The Labute approximate surface area is 170 Å². The van der Waals surface area contributed by atoms with Crippen molar-refractivity contribution in [3.05, 3.63) is 23.3 Å². The van der Waals surface area contributed by atoms with Gasteiger partial charge in [-0.3, -0.25) is 0 Å². The minimum atomic E-state index is -0.137. The average molecular weight is 392 g/mol. The molecule has 0 radical (unpaired) electrons. The lowest BCUT2D eigenvalue weighted by molar-refractivity contribution is 0.189. The molecule has 1 unspecified atom stereocenters. The van der Waals surface area contributed by atoms with Crippen LogP contribution in [0.3, 0.4) is 0 Å². The van der Waals surface area contributed by atoms with Crippen LogP contribution in [-0.4, -0.2) is 51.3 Å². The van der Waals surface area contributed by atoms with Gasteiger partial charge < -0.3 is 25.0 Å². The molecular weight excluding hydrogens is 354 g/mol. The van der Waals surface area contributed by atoms with E-state index in [0.717, 1.165) is 30.1 Å². The first-order valence-electron chi connectivity index (χ1n) is 10.4. The molecule has 0 aliphatic heterocycles. The number of methoxy groups -OCH3 is 2. The standard InChI is InChI=1S/C22H37N3O3/c1-16-14-20(27-4)21(28-5)15-19(16)17(2)24-22(26)23-12-9-13-25(3)18-10-7-6-8-11-18/h14-15,17-18H,6-13H2,1-5H3,(H2,23,24,26). The van der Waals surface area contributed by atoms with Crippen molar-refractivity contribution in [1.82, 2.24) is 15.5 Å². The van der Waals surface area contributed by atoms with E-state index in [-0.39, 0.29) is 12.1 Å². The van der Waals surface area contributed by atoms with Crippen LogP contribution in [0.1, 0.15) is 62.6 Å². The first-order valence-corrected chi connectivity index (χ1v) is 10.4. The first-order chi connectivity index (χ1) is 13.5. The number of carbonyl (C=O) groups excluding carboxylic acids is 1. The molecule has 6 heteroatoms. The lowest BCUT2D eigenvalue weighted by Gasteiger charge is -2.31. The molecule has 6 nitrogen and oxygen atoms in total. The molecule has 1 aliphatic rings. The Morgan fingerprint density at radius 2 is 1.82 bits per heavy atom. The number of hydrogen-bond donors (Lipinski definition) is 2. The molecule has 1 aliphatic carbocycles. The Bertz CT molecular complexity index is 630. The molecule has 2 rings (SSSR count). The Balaban J connectivity index is 1.76. The monoisotopic (exact) mass is 391 g/mol. The molecule has 1 aromatic carbocycles. The van der Waals surface area contributed by atoms with E-state index >= 15 is 0 Å². The summed E-state index contributed by atoms with van der Waals surface area (Å²) in [7, 11) is 5.45. The van der Waals surface area contributed by atoms with Gasteiger partial charge in [-0.1, -0.05) is 19.3 Å². The van der Waals surface area contributed by atoms with Crippen molar-refractivity contribution in [2.24, 2.45) is 0 Å². The number of carbonyl (C=O) groups is 1. The maximum atomic E-state index is 12.3. The summed E-state index contributed by atoms with van der Waals surface area (Å²) < 4.78 is 10.7. The summed E-state index contributed by atoms with van der Waals surface area (Å²) in [4.78, 5) is 14.7. The molecule has 0 saturated heterocycles. The van der Waals surface area contributed by atoms with Crippen LogP contribution < -0.4 is 20.1 Å². The van der Waals surface area contributed by atoms with Gasteiger partial charge in [0.25, 0.3) is 0 Å². The first kappa shape index (κ1) is 22.3. The predicted molar refractivity (Wildman–Crippen MR) is 113 cm³/mol. The molecule has 0 spiro atoms. The predicted octanol–water partition coefficient (Wildman–Crippen LogP) is 4.03. The summed E-state index contributed by atoms with van der Waals surface area (Å²) in [5.41, 5.74) is 2.07. The minimum absolute atomic E-state index is 0.121. The highest BCUT2D eigenvalue weighted by Crippen LogP contribution is 2.32. The smallest absolute Gasteiger partial charge is 0.315 e. The van der Waals surface area contributed by atoms with Crippen LogP contribution in [0.4, 0.5) is 4.79 Å². The highest BCUT2D eigenvalue weighted by atomic mass is 16.5. The van der Waals surface area contributed by atoms with Crippen LogP contribution in [-0.2, 0) is 0 Å².